The largest absolute Gasteiger partial charge is 0.481 e. The number of hydrogen-bond donors (Lipinski definition) is 3. The van der Waals surface area contributed by atoms with Crippen molar-refractivity contribution < 1.29 is 14.7 Å². The summed E-state index contributed by atoms with van der Waals surface area (Å²) in [5.74, 6) is -0.875. The van der Waals surface area contributed by atoms with E-state index in [9.17, 15) is 9.59 Å². The fraction of sp³-hybridized carbons (Fsp3) is 0.857. The highest BCUT2D eigenvalue weighted by molar-refractivity contribution is 8.00. The van der Waals surface area contributed by atoms with Crippen molar-refractivity contribution in [1.82, 2.24) is 10.6 Å². The standard InChI is InChI=1S/C14H26N2O3S/c1-3-6-11(9-12(17)18)16-13(19)15-10-14(20-2)7-4-5-8-14/h11H,3-10H2,1-2H3,(H,17,18)(H2,15,16,19). The second kappa shape index (κ2) is 8.39. The van der Waals surface area contributed by atoms with Gasteiger partial charge in [-0.15, -0.1) is 0 Å². The van der Waals surface area contributed by atoms with E-state index < -0.39 is 5.97 Å². The van der Waals surface area contributed by atoms with Crippen molar-refractivity contribution in [3.05, 3.63) is 0 Å². The quantitative estimate of drug-likeness (QED) is 0.644. The number of hydrogen-bond acceptors (Lipinski definition) is 3. The van der Waals surface area contributed by atoms with Crippen molar-refractivity contribution in [2.75, 3.05) is 12.8 Å². The van der Waals surface area contributed by atoms with Crippen LogP contribution < -0.4 is 10.6 Å². The van der Waals surface area contributed by atoms with E-state index in [0.717, 1.165) is 19.3 Å². The molecular weight excluding hydrogens is 276 g/mol. The third-order valence-electron chi connectivity index (χ3n) is 3.91. The van der Waals surface area contributed by atoms with Gasteiger partial charge in [0.05, 0.1) is 6.42 Å². The molecule has 116 valence electrons. The third kappa shape index (κ3) is 5.61. The van der Waals surface area contributed by atoms with Crippen LogP contribution in [-0.2, 0) is 4.79 Å². The topological polar surface area (TPSA) is 78.4 Å². The molecule has 5 nitrogen and oxygen atoms in total. The number of nitrogens with one attached hydrogen (secondary N) is 2. The first kappa shape index (κ1) is 17.1. The Bertz CT molecular complexity index is 330. The minimum Gasteiger partial charge on any atom is -0.481 e. The molecule has 0 bridgehead atoms. The number of carboxylic acids is 1. The zero-order chi connectivity index (χ0) is 15.0. The molecule has 1 fully saturated rings. The van der Waals surface area contributed by atoms with Gasteiger partial charge in [0.1, 0.15) is 0 Å². The van der Waals surface area contributed by atoms with E-state index in [1.807, 2.05) is 18.7 Å². The first-order valence-electron chi connectivity index (χ1n) is 7.32. The molecule has 0 spiro atoms. The molecule has 1 aliphatic carbocycles. The van der Waals surface area contributed by atoms with E-state index in [4.69, 9.17) is 5.11 Å². The van der Waals surface area contributed by atoms with Crippen LogP contribution in [0.3, 0.4) is 0 Å². The molecule has 0 heterocycles. The molecule has 1 atom stereocenters. The van der Waals surface area contributed by atoms with Crippen molar-refractivity contribution >= 4 is 23.8 Å². The first-order chi connectivity index (χ1) is 9.51. The van der Waals surface area contributed by atoms with Crippen molar-refractivity contribution in [2.24, 2.45) is 0 Å². The maximum Gasteiger partial charge on any atom is 0.315 e. The van der Waals surface area contributed by atoms with Gasteiger partial charge in [-0.1, -0.05) is 26.2 Å². The summed E-state index contributed by atoms with van der Waals surface area (Å²) in [5.41, 5.74) is 0. The molecule has 0 aromatic rings. The van der Waals surface area contributed by atoms with Gasteiger partial charge in [-0.25, -0.2) is 4.79 Å². The van der Waals surface area contributed by atoms with E-state index in [1.54, 1.807) is 0 Å². The van der Waals surface area contributed by atoms with Gasteiger partial charge in [0.25, 0.3) is 0 Å². The number of carbonyl (C=O) groups excluding carboxylic acids is 1. The Morgan fingerprint density at radius 3 is 2.50 bits per heavy atom. The van der Waals surface area contributed by atoms with Crippen molar-refractivity contribution in [3.63, 3.8) is 0 Å². The molecule has 2 amide bonds. The number of amides is 2. The van der Waals surface area contributed by atoms with Crippen LogP contribution in [0.1, 0.15) is 51.9 Å². The van der Waals surface area contributed by atoms with Crippen LogP contribution in [0, 0.1) is 0 Å². The number of thioether (sulfide) groups is 1. The number of rotatable bonds is 8. The maximum atomic E-state index is 11.9. The predicted molar refractivity (Wildman–Crippen MR) is 82.2 cm³/mol. The Morgan fingerprint density at radius 2 is 2.00 bits per heavy atom. The minimum atomic E-state index is -0.875. The van der Waals surface area contributed by atoms with Gasteiger partial charge < -0.3 is 15.7 Å². The van der Waals surface area contributed by atoms with Crippen LogP contribution in [0.4, 0.5) is 4.79 Å². The monoisotopic (exact) mass is 302 g/mol. The van der Waals surface area contributed by atoms with Gasteiger partial charge in [-0.05, 0) is 25.5 Å². The zero-order valence-electron chi connectivity index (χ0n) is 12.4. The fourth-order valence-corrected chi connectivity index (χ4v) is 3.65. The Balaban J connectivity index is 2.38. The van der Waals surface area contributed by atoms with Gasteiger partial charge in [0, 0.05) is 17.3 Å². The van der Waals surface area contributed by atoms with E-state index >= 15 is 0 Å². The number of urea groups is 1. The Labute approximate surface area is 125 Å². The summed E-state index contributed by atoms with van der Waals surface area (Å²) in [7, 11) is 0. The molecule has 0 aliphatic heterocycles. The number of carboxylic acid groups (broad SMARTS) is 1. The fourth-order valence-electron chi connectivity index (χ4n) is 2.73. The smallest absolute Gasteiger partial charge is 0.315 e. The molecule has 3 N–H and O–H groups in total. The van der Waals surface area contributed by atoms with E-state index in [1.165, 1.54) is 12.8 Å². The first-order valence-corrected chi connectivity index (χ1v) is 8.55. The van der Waals surface area contributed by atoms with Gasteiger partial charge in [0.2, 0.25) is 0 Å². The van der Waals surface area contributed by atoms with Gasteiger partial charge in [0.15, 0.2) is 0 Å². The summed E-state index contributed by atoms with van der Waals surface area (Å²) in [6, 6.07) is -0.531. The molecule has 0 radical (unpaired) electrons. The molecule has 1 aliphatic rings. The molecule has 1 saturated carbocycles. The van der Waals surface area contributed by atoms with Crippen LogP contribution >= 0.6 is 11.8 Å². The average molecular weight is 302 g/mol. The Hall–Kier alpha value is -0.910. The average Bonchev–Trinajstić information content (AvgIpc) is 2.85. The van der Waals surface area contributed by atoms with Crippen LogP contribution in [0.25, 0.3) is 0 Å². The van der Waals surface area contributed by atoms with Crippen LogP contribution in [0.5, 0.6) is 0 Å². The second-order valence-electron chi connectivity index (χ2n) is 5.50. The third-order valence-corrected chi connectivity index (χ3v) is 5.33. The lowest BCUT2D eigenvalue weighted by atomic mass is 10.1. The molecule has 0 saturated heterocycles. The molecule has 0 aromatic heterocycles. The van der Waals surface area contributed by atoms with Gasteiger partial charge in [-0.3, -0.25) is 4.79 Å². The van der Waals surface area contributed by atoms with Gasteiger partial charge in [-0.2, -0.15) is 11.8 Å². The molecule has 20 heavy (non-hydrogen) atoms. The zero-order valence-corrected chi connectivity index (χ0v) is 13.2. The Morgan fingerprint density at radius 1 is 1.35 bits per heavy atom. The number of carbonyl (C=O) groups is 2. The highest BCUT2D eigenvalue weighted by Gasteiger charge is 2.33. The second-order valence-corrected chi connectivity index (χ2v) is 6.78. The van der Waals surface area contributed by atoms with Crippen LogP contribution in [0.15, 0.2) is 0 Å². The molecule has 6 heteroatoms. The normalized spacial score (nSPS) is 18.5. The lowest BCUT2D eigenvalue weighted by molar-refractivity contribution is -0.137. The number of aliphatic carboxylic acids is 1. The van der Waals surface area contributed by atoms with Crippen LogP contribution in [-0.4, -0.2) is 40.7 Å². The summed E-state index contributed by atoms with van der Waals surface area (Å²) < 4.78 is 0.171. The SMILES string of the molecule is CCCC(CC(=O)O)NC(=O)NCC1(SC)CCCC1. The lowest BCUT2D eigenvalue weighted by Crippen LogP contribution is -2.47. The van der Waals surface area contributed by atoms with Crippen molar-refractivity contribution in [2.45, 2.75) is 62.7 Å². The summed E-state index contributed by atoms with van der Waals surface area (Å²) >= 11 is 1.83. The van der Waals surface area contributed by atoms with E-state index in [2.05, 4.69) is 16.9 Å². The maximum absolute atomic E-state index is 11.9. The predicted octanol–water partition coefficient (Wildman–Crippen LogP) is 2.60. The molecule has 1 unspecified atom stereocenters. The summed E-state index contributed by atoms with van der Waals surface area (Å²) in [6.45, 7) is 2.64. The van der Waals surface area contributed by atoms with Crippen molar-refractivity contribution in [3.8, 4) is 0 Å². The molecule has 0 aromatic carbocycles. The van der Waals surface area contributed by atoms with Crippen LogP contribution in [0.2, 0.25) is 0 Å². The molecular formula is C14H26N2O3S. The summed E-state index contributed by atoms with van der Waals surface area (Å²) in [4.78, 5) is 22.7. The highest BCUT2D eigenvalue weighted by Crippen LogP contribution is 2.39. The minimum absolute atomic E-state index is 0.0189. The van der Waals surface area contributed by atoms with E-state index in [-0.39, 0.29) is 23.2 Å². The summed E-state index contributed by atoms with van der Waals surface area (Å²) in [6.07, 6.45) is 8.34. The molecule has 1 rings (SSSR count). The Kier molecular flexibility index (Phi) is 7.19. The lowest BCUT2D eigenvalue weighted by Gasteiger charge is -2.27. The van der Waals surface area contributed by atoms with Gasteiger partial charge >= 0.3 is 12.0 Å². The van der Waals surface area contributed by atoms with E-state index in [0.29, 0.717) is 13.0 Å². The summed E-state index contributed by atoms with van der Waals surface area (Å²) in [5, 5.41) is 14.5. The highest BCUT2D eigenvalue weighted by atomic mass is 32.2. The van der Waals surface area contributed by atoms with Crippen molar-refractivity contribution in [1.29, 1.82) is 0 Å².